The van der Waals surface area contributed by atoms with Crippen LogP contribution in [0, 0.1) is 5.41 Å². The minimum Gasteiger partial charge on any atom is -0.381 e. The van der Waals surface area contributed by atoms with Crippen molar-refractivity contribution in [3.05, 3.63) is 16.6 Å². The Kier molecular flexibility index (Phi) is 3.45. The summed E-state index contributed by atoms with van der Waals surface area (Å²) >= 11 is 1.74. The average molecular weight is 252 g/mol. The molecule has 1 aliphatic heterocycles. The second kappa shape index (κ2) is 5.04. The Morgan fingerprint density at radius 1 is 1.41 bits per heavy atom. The number of nitrogens with one attached hydrogen (secondary N) is 1. The zero-order chi connectivity index (χ0) is 11.6. The molecule has 3 nitrogen and oxygen atoms in total. The van der Waals surface area contributed by atoms with Gasteiger partial charge in [-0.3, -0.25) is 4.98 Å². The Hall–Kier alpha value is -0.450. The molecule has 17 heavy (non-hydrogen) atoms. The summed E-state index contributed by atoms with van der Waals surface area (Å²) in [6, 6.07) is 0.688. The summed E-state index contributed by atoms with van der Waals surface area (Å²) < 4.78 is 5.52. The summed E-state index contributed by atoms with van der Waals surface area (Å²) in [5, 5.41) is 3.76. The summed E-state index contributed by atoms with van der Waals surface area (Å²) in [4.78, 5) is 5.48. The number of nitrogens with zero attached hydrogens (tertiary/aromatic N) is 1. The third kappa shape index (κ3) is 2.39. The van der Waals surface area contributed by atoms with Gasteiger partial charge in [0.1, 0.15) is 0 Å². The summed E-state index contributed by atoms with van der Waals surface area (Å²) in [6.07, 6.45) is 8.56. The van der Waals surface area contributed by atoms with Gasteiger partial charge in [0.25, 0.3) is 0 Å². The molecule has 1 saturated carbocycles. The second-order valence-corrected chi connectivity index (χ2v) is 6.24. The molecule has 1 saturated heterocycles. The van der Waals surface area contributed by atoms with Gasteiger partial charge in [0, 0.05) is 36.9 Å². The largest absolute Gasteiger partial charge is 0.381 e. The van der Waals surface area contributed by atoms with Gasteiger partial charge in [-0.2, -0.15) is 0 Å². The number of thiazole rings is 1. The van der Waals surface area contributed by atoms with E-state index in [2.05, 4.69) is 10.3 Å². The smallest absolute Gasteiger partial charge is 0.0794 e. The van der Waals surface area contributed by atoms with E-state index in [-0.39, 0.29) is 0 Å². The lowest BCUT2D eigenvalue weighted by atomic mass is 9.75. The van der Waals surface area contributed by atoms with E-state index in [0.29, 0.717) is 11.5 Å². The van der Waals surface area contributed by atoms with Crippen molar-refractivity contribution in [3.63, 3.8) is 0 Å². The van der Waals surface area contributed by atoms with Crippen molar-refractivity contribution in [1.29, 1.82) is 0 Å². The van der Waals surface area contributed by atoms with Crippen LogP contribution in [-0.4, -0.2) is 24.2 Å². The zero-order valence-electron chi connectivity index (χ0n) is 10.2. The van der Waals surface area contributed by atoms with Gasteiger partial charge < -0.3 is 10.1 Å². The van der Waals surface area contributed by atoms with Crippen LogP contribution in [-0.2, 0) is 11.3 Å². The van der Waals surface area contributed by atoms with E-state index in [9.17, 15) is 0 Å². The molecule has 4 heteroatoms. The molecule has 94 valence electrons. The van der Waals surface area contributed by atoms with Crippen LogP contribution in [0.1, 0.15) is 37.0 Å². The van der Waals surface area contributed by atoms with Gasteiger partial charge in [-0.1, -0.05) is 6.42 Å². The van der Waals surface area contributed by atoms with Crippen molar-refractivity contribution in [3.8, 4) is 0 Å². The van der Waals surface area contributed by atoms with Crippen LogP contribution >= 0.6 is 11.3 Å². The summed E-state index contributed by atoms with van der Waals surface area (Å²) in [6.45, 7) is 2.90. The lowest BCUT2D eigenvalue weighted by Crippen LogP contribution is -2.44. The van der Waals surface area contributed by atoms with Crippen molar-refractivity contribution in [1.82, 2.24) is 10.3 Å². The molecule has 1 unspecified atom stereocenters. The van der Waals surface area contributed by atoms with Crippen molar-refractivity contribution >= 4 is 11.3 Å². The highest BCUT2D eigenvalue weighted by Crippen LogP contribution is 2.46. The second-order valence-electron chi connectivity index (χ2n) is 5.27. The van der Waals surface area contributed by atoms with Gasteiger partial charge in [0.15, 0.2) is 0 Å². The predicted molar refractivity (Wildman–Crippen MR) is 69.1 cm³/mol. The molecular weight excluding hydrogens is 232 g/mol. The molecule has 0 aromatic carbocycles. The van der Waals surface area contributed by atoms with Gasteiger partial charge in [-0.25, -0.2) is 0 Å². The minimum absolute atomic E-state index is 0.531. The van der Waals surface area contributed by atoms with Crippen LogP contribution in [0.2, 0.25) is 0 Å². The van der Waals surface area contributed by atoms with Gasteiger partial charge in [-0.15, -0.1) is 11.3 Å². The van der Waals surface area contributed by atoms with Gasteiger partial charge >= 0.3 is 0 Å². The molecule has 0 amide bonds. The van der Waals surface area contributed by atoms with E-state index < -0.39 is 0 Å². The van der Waals surface area contributed by atoms with Gasteiger partial charge in [-0.05, 0) is 31.1 Å². The van der Waals surface area contributed by atoms with E-state index in [1.807, 2.05) is 11.7 Å². The molecule has 2 aliphatic rings. The molecule has 2 heterocycles. The molecular formula is C13H20N2OS. The van der Waals surface area contributed by atoms with Crippen molar-refractivity contribution in [2.45, 2.75) is 44.7 Å². The van der Waals surface area contributed by atoms with Gasteiger partial charge in [0.05, 0.1) is 5.51 Å². The molecule has 3 rings (SSSR count). The highest BCUT2D eigenvalue weighted by atomic mass is 32.1. The number of hydrogen-bond acceptors (Lipinski definition) is 4. The normalized spacial score (nSPS) is 27.6. The lowest BCUT2D eigenvalue weighted by Gasteiger charge is -2.39. The monoisotopic (exact) mass is 252 g/mol. The molecule has 1 N–H and O–H groups in total. The number of rotatable bonds is 3. The lowest BCUT2D eigenvalue weighted by molar-refractivity contribution is 0.00419. The first-order valence-electron chi connectivity index (χ1n) is 6.58. The molecule has 1 aromatic heterocycles. The van der Waals surface area contributed by atoms with E-state index in [1.54, 1.807) is 11.3 Å². The molecule has 0 radical (unpaired) electrons. The molecule has 1 aromatic rings. The third-order valence-corrected chi connectivity index (χ3v) is 5.18. The number of aromatic nitrogens is 1. The minimum atomic E-state index is 0.531. The van der Waals surface area contributed by atoms with Crippen LogP contribution in [0.3, 0.4) is 0 Å². The Labute approximate surface area is 107 Å². The summed E-state index contributed by atoms with van der Waals surface area (Å²) in [5.41, 5.74) is 2.44. The van der Waals surface area contributed by atoms with Crippen molar-refractivity contribution < 1.29 is 4.74 Å². The SMILES string of the molecule is c1ncc(CNC2CCCC23CCOCC3)s1. The molecule has 1 aliphatic carbocycles. The molecule has 1 atom stereocenters. The zero-order valence-corrected chi connectivity index (χ0v) is 11.0. The maximum Gasteiger partial charge on any atom is 0.0794 e. The Balaban J connectivity index is 1.61. The van der Waals surface area contributed by atoms with Crippen LogP contribution in [0.15, 0.2) is 11.7 Å². The number of hydrogen-bond donors (Lipinski definition) is 1. The van der Waals surface area contributed by atoms with Crippen molar-refractivity contribution in [2.75, 3.05) is 13.2 Å². The summed E-state index contributed by atoms with van der Waals surface area (Å²) in [5.74, 6) is 0. The van der Waals surface area contributed by atoms with Gasteiger partial charge in [0.2, 0.25) is 0 Å². The Bertz CT molecular complexity index is 346. The van der Waals surface area contributed by atoms with Crippen LogP contribution in [0.4, 0.5) is 0 Å². The Morgan fingerprint density at radius 3 is 3.06 bits per heavy atom. The first-order valence-corrected chi connectivity index (χ1v) is 7.46. The van der Waals surface area contributed by atoms with Crippen LogP contribution in [0.25, 0.3) is 0 Å². The maximum atomic E-state index is 5.52. The topological polar surface area (TPSA) is 34.2 Å². The maximum absolute atomic E-state index is 5.52. The molecule has 1 spiro atoms. The fourth-order valence-corrected chi connectivity index (χ4v) is 3.93. The quantitative estimate of drug-likeness (QED) is 0.898. The molecule has 0 bridgehead atoms. The van der Waals surface area contributed by atoms with E-state index in [0.717, 1.165) is 19.8 Å². The van der Waals surface area contributed by atoms with Crippen molar-refractivity contribution in [2.24, 2.45) is 5.41 Å². The highest BCUT2D eigenvalue weighted by molar-refractivity contribution is 7.09. The third-order valence-electron chi connectivity index (χ3n) is 4.40. The predicted octanol–water partition coefficient (Wildman–Crippen LogP) is 2.58. The van der Waals surface area contributed by atoms with E-state index in [4.69, 9.17) is 4.74 Å². The first-order chi connectivity index (χ1) is 8.39. The molecule has 2 fully saturated rings. The van der Waals surface area contributed by atoms with Crippen LogP contribution in [0.5, 0.6) is 0 Å². The fraction of sp³-hybridized carbons (Fsp3) is 0.769. The average Bonchev–Trinajstić information content (AvgIpc) is 2.98. The summed E-state index contributed by atoms with van der Waals surface area (Å²) in [7, 11) is 0. The first kappa shape index (κ1) is 11.6. The van der Waals surface area contributed by atoms with E-state index >= 15 is 0 Å². The fourth-order valence-electron chi connectivity index (χ4n) is 3.39. The van der Waals surface area contributed by atoms with Crippen LogP contribution < -0.4 is 5.32 Å². The Morgan fingerprint density at radius 2 is 2.29 bits per heavy atom. The number of ether oxygens (including phenoxy) is 1. The standard InChI is InChI=1S/C13H20N2OS/c1-2-12(15-9-11-8-14-10-17-11)13(3-1)4-6-16-7-5-13/h8,10,12,15H,1-7,9H2. The highest BCUT2D eigenvalue weighted by Gasteiger charge is 2.43. The van der Waals surface area contributed by atoms with E-state index in [1.165, 1.54) is 37.0 Å².